The third kappa shape index (κ3) is 2.79. The number of amides is 1. The number of aliphatic hydroxyl groups excluding tert-OH is 2. The molecule has 10 heteroatoms. The van der Waals surface area contributed by atoms with Gasteiger partial charge in [-0.3, -0.25) is 14.4 Å². The van der Waals surface area contributed by atoms with Crippen molar-refractivity contribution in [1.29, 1.82) is 0 Å². The number of aliphatic hydroxyl groups is 3. The Morgan fingerprint density at radius 2 is 1.97 bits per heavy atom. The fraction of sp³-hybridized carbons (Fsp3) is 0.409. The summed E-state index contributed by atoms with van der Waals surface area (Å²) in [5.41, 5.74) is 1.11. The molecule has 0 aliphatic heterocycles. The van der Waals surface area contributed by atoms with Crippen LogP contribution in [0, 0.1) is 17.7 Å². The van der Waals surface area contributed by atoms with Crippen LogP contribution in [0.2, 0.25) is 0 Å². The first-order valence-corrected chi connectivity index (χ1v) is 10.3. The number of ketones is 2. The van der Waals surface area contributed by atoms with Gasteiger partial charge < -0.3 is 31.5 Å². The number of halogens is 1. The topological polar surface area (TPSA) is 170 Å². The zero-order valence-electron chi connectivity index (χ0n) is 17.2. The Hall–Kier alpha value is -3.24. The van der Waals surface area contributed by atoms with Crippen LogP contribution in [-0.4, -0.2) is 56.1 Å². The van der Waals surface area contributed by atoms with Gasteiger partial charge in [-0.1, -0.05) is 6.92 Å². The molecule has 1 fully saturated rings. The van der Waals surface area contributed by atoms with Crippen molar-refractivity contribution < 1.29 is 39.2 Å². The summed E-state index contributed by atoms with van der Waals surface area (Å²) in [6.45, 7) is 2.14. The molecular formula is C22H23FN2O7. The lowest BCUT2D eigenvalue weighted by molar-refractivity contribution is -0.150. The normalized spacial score (nSPS) is 29.5. The number of nitrogens with two attached hydrogens (primary N) is 1. The van der Waals surface area contributed by atoms with Gasteiger partial charge >= 0.3 is 0 Å². The summed E-state index contributed by atoms with van der Waals surface area (Å²) in [4.78, 5) is 38.4. The summed E-state index contributed by atoms with van der Waals surface area (Å²) >= 11 is 0. The molecule has 0 unspecified atom stereocenters. The van der Waals surface area contributed by atoms with E-state index in [4.69, 9.17) is 5.73 Å². The summed E-state index contributed by atoms with van der Waals surface area (Å²) in [5, 5.41) is 46.0. The van der Waals surface area contributed by atoms with Gasteiger partial charge in [0.05, 0.1) is 11.6 Å². The molecule has 0 heterocycles. The second-order valence-corrected chi connectivity index (χ2v) is 8.40. The number of phenolic OH excluding ortho intramolecular Hbond substituents is 1. The van der Waals surface area contributed by atoms with E-state index in [2.05, 4.69) is 5.32 Å². The maximum absolute atomic E-state index is 14.5. The van der Waals surface area contributed by atoms with Crippen LogP contribution in [0.3, 0.4) is 0 Å². The first-order chi connectivity index (χ1) is 15.0. The minimum atomic E-state index is -2.70. The van der Waals surface area contributed by atoms with E-state index < -0.39 is 69.6 Å². The molecule has 3 aliphatic carbocycles. The van der Waals surface area contributed by atoms with Crippen LogP contribution in [0.25, 0.3) is 5.76 Å². The zero-order chi connectivity index (χ0) is 23.5. The lowest BCUT2D eigenvalue weighted by Gasteiger charge is -2.49. The summed E-state index contributed by atoms with van der Waals surface area (Å²) in [6.07, 6.45) is 0.437. The molecular weight excluding hydrogens is 423 g/mol. The summed E-state index contributed by atoms with van der Waals surface area (Å²) in [6, 6.07) is 0.862. The second kappa shape index (κ2) is 7.42. The molecule has 3 aliphatic rings. The number of carbonyl (C=O) groups excluding carboxylic acids is 3. The number of hydrogen-bond acceptors (Lipinski definition) is 8. The monoisotopic (exact) mass is 446 g/mol. The largest absolute Gasteiger partial charge is 0.508 e. The fourth-order valence-electron chi connectivity index (χ4n) is 5.17. The minimum Gasteiger partial charge on any atom is -0.508 e. The molecule has 1 amide bonds. The van der Waals surface area contributed by atoms with Crippen LogP contribution in [0.15, 0.2) is 29.0 Å². The summed E-state index contributed by atoms with van der Waals surface area (Å²) in [7, 11) is 0. The molecule has 170 valence electrons. The molecule has 0 saturated heterocycles. The zero-order valence-corrected chi connectivity index (χ0v) is 17.2. The molecule has 4 rings (SSSR count). The number of hydrogen-bond donors (Lipinski definition) is 6. The standard InChI is InChI=1S/C22H23FN2O7/c1-2-5-25-16-10-7-8-6-9-11(23)3-4-12(26)14(9)17(27)13(8)19(29)22(10,32)20(30)15(18(16)28)21(24)31/h3-4,8,10,16,25-27,30,32H,2,5-7H2,1H3,(H2,24,31)/t8-,10-,16-,22-/m0/s1. The SMILES string of the molecule is CCCN[C@@H]1C(=O)C(C(N)=O)=C(O)[C@@]2(O)C(=O)C3=C(O)c4c(O)ccc(F)c4C[C@H]3C[C@@H]12. The van der Waals surface area contributed by atoms with E-state index in [0.29, 0.717) is 13.0 Å². The van der Waals surface area contributed by atoms with Gasteiger partial charge in [0.2, 0.25) is 5.78 Å². The summed E-state index contributed by atoms with van der Waals surface area (Å²) < 4.78 is 14.5. The number of benzene rings is 1. The van der Waals surface area contributed by atoms with E-state index in [1.807, 2.05) is 6.92 Å². The first-order valence-electron chi connectivity index (χ1n) is 10.3. The first kappa shape index (κ1) is 22.0. The van der Waals surface area contributed by atoms with Gasteiger partial charge in [-0.05, 0) is 43.9 Å². The lowest BCUT2D eigenvalue weighted by atomic mass is 9.57. The maximum Gasteiger partial charge on any atom is 0.255 e. The molecule has 32 heavy (non-hydrogen) atoms. The average molecular weight is 446 g/mol. The van der Waals surface area contributed by atoms with Gasteiger partial charge in [0.15, 0.2) is 11.4 Å². The predicted molar refractivity (Wildman–Crippen MR) is 109 cm³/mol. The fourth-order valence-corrected chi connectivity index (χ4v) is 5.17. The third-order valence-electron chi connectivity index (χ3n) is 6.64. The predicted octanol–water partition coefficient (Wildman–Crippen LogP) is 0.541. The van der Waals surface area contributed by atoms with Crippen LogP contribution >= 0.6 is 0 Å². The molecule has 0 radical (unpaired) electrons. The van der Waals surface area contributed by atoms with Crippen molar-refractivity contribution in [3.8, 4) is 5.75 Å². The minimum absolute atomic E-state index is 0.00674. The number of primary amides is 1. The van der Waals surface area contributed by atoms with E-state index in [9.17, 15) is 39.2 Å². The van der Waals surface area contributed by atoms with Gasteiger partial charge in [-0.15, -0.1) is 0 Å². The van der Waals surface area contributed by atoms with Crippen molar-refractivity contribution in [2.45, 2.75) is 37.8 Å². The molecule has 4 atom stereocenters. The van der Waals surface area contributed by atoms with Crippen molar-refractivity contribution >= 4 is 23.2 Å². The van der Waals surface area contributed by atoms with Gasteiger partial charge in [0.1, 0.15) is 28.7 Å². The van der Waals surface area contributed by atoms with Crippen molar-refractivity contribution in [2.24, 2.45) is 17.6 Å². The number of fused-ring (bicyclic) bond motifs is 3. The van der Waals surface area contributed by atoms with Crippen molar-refractivity contribution in [3.05, 3.63) is 46.0 Å². The van der Waals surface area contributed by atoms with Crippen molar-refractivity contribution in [3.63, 3.8) is 0 Å². The highest BCUT2D eigenvalue weighted by Crippen LogP contribution is 2.52. The molecule has 0 bridgehead atoms. The van der Waals surface area contributed by atoms with E-state index in [1.54, 1.807) is 0 Å². The smallest absolute Gasteiger partial charge is 0.255 e. The molecule has 1 aromatic rings. The summed E-state index contributed by atoms with van der Waals surface area (Å²) in [5.74, 6) is -8.27. The molecule has 1 saturated carbocycles. The average Bonchev–Trinajstić information content (AvgIpc) is 2.73. The Morgan fingerprint density at radius 3 is 2.59 bits per heavy atom. The van der Waals surface area contributed by atoms with Crippen molar-refractivity contribution in [2.75, 3.05) is 6.54 Å². The van der Waals surface area contributed by atoms with Crippen LogP contribution in [-0.2, 0) is 20.8 Å². The number of Topliss-reactive ketones (excluding diaryl/α,β-unsaturated/α-hetero) is 2. The number of carbonyl (C=O) groups is 3. The molecule has 0 aromatic heterocycles. The van der Waals surface area contributed by atoms with Crippen LogP contribution in [0.4, 0.5) is 4.39 Å². The number of rotatable bonds is 4. The highest BCUT2D eigenvalue weighted by atomic mass is 19.1. The Balaban J connectivity index is 1.94. The highest BCUT2D eigenvalue weighted by Gasteiger charge is 2.63. The third-order valence-corrected chi connectivity index (χ3v) is 6.64. The van der Waals surface area contributed by atoms with Gasteiger partial charge in [0, 0.05) is 17.1 Å². The van der Waals surface area contributed by atoms with Gasteiger partial charge in [0.25, 0.3) is 5.91 Å². The Bertz CT molecular complexity index is 1130. The molecule has 7 N–H and O–H groups in total. The quantitative estimate of drug-likeness (QED) is 0.364. The van der Waals surface area contributed by atoms with Crippen LogP contribution in [0.5, 0.6) is 5.75 Å². The number of nitrogens with one attached hydrogen (secondary N) is 1. The number of phenols is 1. The van der Waals surface area contributed by atoms with Crippen LogP contribution < -0.4 is 11.1 Å². The Morgan fingerprint density at radius 1 is 1.28 bits per heavy atom. The highest BCUT2D eigenvalue weighted by molar-refractivity contribution is 6.24. The maximum atomic E-state index is 14.5. The lowest BCUT2D eigenvalue weighted by Crippen LogP contribution is -2.66. The molecule has 9 nitrogen and oxygen atoms in total. The molecule has 1 aromatic carbocycles. The van der Waals surface area contributed by atoms with E-state index in [1.165, 1.54) is 0 Å². The van der Waals surface area contributed by atoms with Crippen molar-refractivity contribution in [1.82, 2.24) is 5.32 Å². The Kier molecular flexibility index (Phi) is 5.09. The van der Waals surface area contributed by atoms with Gasteiger partial charge in [-0.2, -0.15) is 0 Å². The van der Waals surface area contributed by atoms with Crippen LogP contribution in [0.1, 0.15) is 30.9 Å². The Labute approximate surface area is 182 Å². The second-order valence-electron chi connectivity index (χ2n) is 8.40. The van der Waals surface area contributed by atoms with E-state index >= 15 is 0 Å². The number of aromatic hydroxyl groups is 1. The van der Waals surface area contributed by atoms with E-state index in [0.717, 1.165) is 12.1 Å². The van der Waals surface area contributed by atoms with Gasteiger partial charge in [-0.25, -0.2) is 4.39 Å². The van der Waals surface area contributed by atoms with E-state index in [-0.39, 0.29) is 29.5 Å². The molecule has 0 spiro atoms.